The fourth-order valence-electron chi connectivity index (χ4n) is 4.31. The molecule has 2 fully saturated rings. The third kappa shape index (κ3) is 4.04. The molecule has 0 spiro atoms. The predicted molar refractivity (Wildman–Crippen MR) is 107 cm³/mol. The molecule has 7 heteroatoms. The number of amides is 2. The van der Waals surface area contributed by atoms with Crippen LogP contribution in [0.5, 0.6) is 0 Å². The van der Waals surface area contributed by atoms with Gasteiger partial charge in [0.15, 0.2) is 0 Å². The van der Waals surface area contributed by atoms with Gasteiger partial charge in [0.05, 0.1) is 5.69 Å². The predicted octanol–water partition coefficient (Wildman–Crippen LogP) is 3.12. The number of hydrogen-bond acceptors (Lipinski definition) is 5. The molecular weight excluding hydrogens is 368 g/mol. The van der Waals surface area contributed by atoms with E-state index >= 15 is 0 Å². The molecule has 1 saturated carbocycles. The average Bonchev–Trinajstić information content (AvgIpc) is 3.03. The van der Waals surface area contributed by atoms with Gasteiger partial charge in [-0.2, -0.15) is 0 Å². The number of carbonyl (C=O) groups excluding carboxylic acids is 2. The lowest BCUT2D eigenvalue weighted by atomic mass is 9.83. The van der Waals surface area contributed by atoms with Gasteiger partial charge in [-0.3, -0.25) is 14.6 Å². The summed E-state index contributed by atoms with van der Waals surface area (Å²) in [6.45, 7) is 5.34. The van der Waals surface area contributed by atoms with Gasteiger partial charge in [0.2, 0.25) is 5.91 Å². The normalized spacial score (nSPS) is 19.7. The second-order valence-electron chi connectivity index (χ2n) is 8.20. The van der Waals surface area contributed by atoms with E-state index < -0.39 is 0 Å². The minimum atomic E-state index is -0.0524. The Labute approximate surface area is 171 Å². The highest BCUT2D eigenvalue weighted by Gasteiger charge is 2.36. The summed E-state index contributed by atoms with van der Waals surface area (Å²) in [5.74, 6) is 0.841. The van der Waals surface area contributed by atoms with Gasteiger partial charge in [-0.1, -0.05) is 17.6 Å². The number of nitrogens with zero attached hydrogens (tertiary/aromatic N) is 4. The monoisotopic (exact) mass is 396 g/mol. The smallest absolute Gasteiger partial charge is 0.259 e. The topological polar surface area (TPSA) is 79.5 Å². The number of likely N-dealkylation sites (tertiary alicyclic amines) is 1. The molecule has 1 aliphatic carbocycles. The number of pyridine rings is 1. The van der Waals surface area contributed by atoms with Crippen LogP contribution in [0, 0.1) is 19.8 Å². The number of carbonyl (C=O) groups is 2. The molecule has 1 unspecified atom stereocenters. The number of hydrogen-bond donors (Lipinski definition) is 0. The van der Waals surface area contributed by atoms with Crippen LogP contribution in [-0.4, -0.2) is 50.9 Å². The molecule has 1 saturated heterocycles. The lowest BCUT2D eigenvalue weighted by molar-refractivity contribution is -0.142. The number of aromatic nitrogens is 2. The maximum atomic E-state index is 13.2. The fraction of sp³-hybridized carbons (Fsp3) is 0.545. The van der Waals surface area contributed by atoms with E-state index in [1.165, 1.54) is 0 Å². The zero-order valence-corrected chi connectivity index (χ0v) is 17.1. The van der Waals surface area contributed by atoms with Crippen LogP contribution in [0.3, 0.4) is 0 Å². The van der Waals surface area contributed by atoms with Crippen LogP contribution in [0.25, 0.3) is 0 Å². The Bertz CT molecular complexity index is 856. The van der Waals surface area contributed by atoms with Gasteiger partial charge in [0.25, 0.3) is 5.91 Å². The standard InChI is InChI=1S/C22H28N4O3/c1-15-20(16(2)29-24-15)22(28)25-11-5-9-19(14-25)26(21(27)18-7-3-8-18)13-17-6-4-10-23-12-17/h4,6,10,12,18-19H,3,5,7-9,11,13-14H2,1-2H3. The first-order chi connectivity index (χ1) is 14.0. The lowest BCUT2D eigenvalue weighted by Gasteiger charge is -2.42. The summed E-state index contributed by atoms with van der Waals surface area (Å²) in [5.41, 5.74) is 2.19. The number of aryl methyl sites for hydroxylation is 2. The second kappa shape index (κ2) is 8.35. The van der Waals surface area contributed by atoms with Gasteiger partial charge >= 0.3 is 0 Å². The number of rotatable bonds is 5. The molecule has 0 radical (unpaired) electrons. The lowest BCUT2D eigenvalue weighted by Crippen LogP contribution is -2.53. The molecule has 154 valence electrons. The molecule has 0 aromatic carbocycles. The molecule has 0 bridgehead atoms. The Morgan fingerprint density at radius 2 is 2.07 bits per heavy atom. The van der Waals surface area contributed by atoms with Crippen LogP contribution in [0.4, 0.5) is 0 Å². The molecule has 7 nitrogen and oxygen atoms in total. The third-order valence-corrected chi connectivity index (χ3v) is 6.18. The number of piperidine rings is 1. The zero-order chi connectivity index (χ0) is 20.4. The summed E-state index contributed by atoms with van der Waals surface area (Å²) >= 11 is 0. The Morgan fingerprint density at radius 3 is 2.69 bits per heavy atom. The summed E-state index contributed by atoms with van der Waals surface area (Å²) in [6, 6.07) is 3.92. The van der Waals surface area contributed by atoms with Gasteiger partial charge in [0.1, 0.15) is 11.3 Å². The van der Waals surface area contributed by atoms with Crippen molar-refractivity contribution in [2.24, 2.45) is 5.92 Å². The van der Waals surface area contributed by atoms with E-state index in [-0.39, 0.29) is 23.8 Å². The molecule has 2 aromatic heterocycles. The summed E-state index contributed by atoms with van der Waals surface area (Å²) in [6.07, 6.45) is 8.40. The highest BCUT2D eigenvalue weighted by atomic mass is 16.5. The van der Waals surface area contributed by atoms with E-state index in [4.69, 9.17) is 4.52 Å². The summed E-state index contributed by atoms with van der Waals surface area (Å²) in [7, 11) is 0. The maximum Gasteiger partial charge on any atom is 0.259 e. The molecule has 2 aliphatic rings. The van der Waals surface area contributed by atoms with Crippen molar-refractivity contribution in [3.05, 3.63) is 47.1 Å². The molecule has 2 aromatic rings. The van der Waals surface area contributed by atoms with Crippen molar-refractivity contribution in [1.82, 2.24) is 19.9 Å². The highest BCUT2D eigenvalue weighted by molar-refractivity contribution is 5.96. The summed E-state index contributed by atoms with van der Waals surface area (Å²) in [5, 5.41) is 3.92. The first kappa shape index (κ1) is 19.6. The van der Waals surface area contributed by atoms with E-state index in [0.29, 0.717) is 36.7 Å². The minimum Gasteiger partial charge on any atom is -0.361 e. The van der Waals surface area contributed by atoms with Gasteiger partial charge in [-0.05, 0) is 51.2 Å². The van der Waals surface area contributed by atoms with Crippen LogP contribution in [0.2, 0.25) is 0 Å². The molecule has 29 heavy (non-hydrogen) atoms. The molecule has 1 aliphatic heterocycles. The molecular formula is C22H28N4O3. The first-order valence-electron chi connectivity index (χ1n) is 10.5. The Balaban J connectivity index is 1.53. The molecule has 3 heterocycles. The van der Waals surface area contributed by atoms with Crippen molar-refractivity contribution in [3.8, 4) is 0 Å². The average molecular weight is 396 g/mol. The van der Waals surface area contributed by atoms with Crippen molar-refractivity contribution in [2.45, 2.75) is 58.5 Å². The van der Waals surface area contributed by atoms with Crippen molar-refractivity contribution >= 4 is 11.8 Å². The van der Waals surface area contributed by atoms with Crippen molar-refractivity contribution < 1.29 is 14.1 Å². The van der Waals surface area contributed by atoms with Gasteiger partial charge < -0.3 is 14.3 Å². The van der Waals surface area contributed by atoms with Crippen molar-refractivity contribution in [1.29, 1.82) is 0 Å². The summed E-state index contributed by atoms with van der Waals surface area (Å²) in [4.78, 5) is 34.4. The minimum absolute atomic E-state index is 0.0153. The van der Waals surface area contributed by atoms with Crippen molar-refractivity contribution in [2.75, 3.05) is 13.1 Å². The van der Waals surface area contributed by atoms with E-state index in [1.807, 2.05) is 28.1 Å². The Kier molecular flexibility index (Phi) is 5.65. The first-order valence-corrected chi connectivity index (χ1v) is 10.5. The highest BCUT2D eigenvalue weighted by Crippen LogP contribution is 2.31. The van der Waals surface area contributed by atoms with E-state index in [9.17, 15) is 9.59 Å². The van der Waals surface area contributed by atoms with E-state index in [2.05, 4.69) is 10.1 Å². The van der Waals surface area contributed by atoms with E-state index in [0.717, 1.165) is 37.7 Å². The molecule has 4 rings (SSSR count). The van der Waals surface area contributed by atoms with Crippen molar-refractivity contribution in [3.63, 3.8) is 0 Å². The third-order valence-electron chi connectivity index (χ3n) is 6.18. The van der Waals surface area contributed by atoms with Crippen LogP contribution in [0.1, 0.15) is 59.5 Å². The van der Waals surface area contributed by atoms with E-state index in [1.54, 1.807) is 20.0 Å². The van der Waals surface area contributed by atoms with Gasteiger partial charge in [-0.15, -0.1) is 0 Å². The van der Waals surface area contributed by atoms with Gasteiger partial charge in [0, 0.05) is 44.0 Å². The van der Waals surface area contributed by atoms with Crippen LogP contribution in [-0.2, 0) is 11.3 Å². The fourth-order valence-corrected chi connectivity index (χ4v) is 4.31. The van der Waals surface area contributed by atoms with Gasteiger partial charge in [-0.25, -0.2) is 0 Å². The van der Waals surface area contributed by atoms with Crippen LogP contribution >= 0.6 is 0 Å². The van der Waals surface area contributed by atoms with Crippen LogP contribution < -0.4 is 0 Å². The molecule has 1 atom stereocenters. The Hall–Kier alpha value is -2.70. The molecule has 2 amide bonds. The summed E-state index contributed by atoms with van der Waals surface area (Å²) < 4.78 is 5.18. The Morgan fingerprint density at radius 1 is 1.24 bits per heavy atom. The second-order valence-corrected chi connectivity index (χ2v) is 8.20. The maximum absolute atomic E-state index is 13.2. The SMILES string of the molecule is Cc1noc(C)c1C(=O)N1CCCC(N(Cc2cccnc2)C(=O)C2CCC2)C1. The largest absolute Gasteiger partial charge is 0.361 e. The zero-order valence-electron chi connectivity index (χ0n) is 17.1. The van der Waals surface area contributed by atoms with Crippen LogP contribution in [0.15, 0.2) is 29.0 Å². The quantitative estimate of drug-likeness (QED) is 0.776. The molecule has 0 N–H and O–H groups in total.